The molecular weight excluding hydrogens is 747 g/mol. The molecule has 5 heterocycles. The van der Waals surface area contributed by atoms with Crippen LogP contribution in [0.3, 0.4) is 0 Å². The predicted molar refractivity (Wildman–Crippen MR) is 208 cm³/mol. The van der Waals surface area contributed by atoms with Crippen LogP contribution in [0.15, 0.2) is 33.6 Å². The molecule has 7 atom stereocenters. The number of H-pyrrole nitrogens is 1. The highest BCUT2D eigenvalue weighted by Crippen LogP contribution is 2.51. The summed E-state index contributed by atoms with van der Waals surface area (Å²) in [4.78, 5) is 42.1. The summed E-state index contributed by atoms with van der Waals surface area (Å²) < 4.78 is 46.5. The van der Waals surface area contributed by atoms with Gasteiger partial charge in [0.25, 0.3) is 5.56 Å². The van der Waals surface area contributed by atoms with Gasteiger partial charge in [-0.25, -0.2) is 24.3 Å². The van der Waals surface area contributed by atoms with Gasteiger partial charge in [0.15, 0.2) is 17.7 Å². The van der Waals surface area contributed by atoms with E-state index >= 15 is 0 Å². The van der Waals surface area contributed by atoms with Crippen molar-refractivity contribution >= 4 is 24.8 Å². The number of nitrogens with two attached hydrogens (primary N) is 1. The number of nitrogens with one attached hydrogen (secondary N) is 1. The lowest BCUT2D eigenvalue weighted by Crippen LogP contribution is -2.33. The summed E-state index contributed by atoms with van der Waals surface area (Å²) in [7, 11) is -4.27. The zero-order chi connectivity index (χ0) is 39.9. The first kappa shape index (κ1) is 43.5. The van der Waals surface area contributed by atoms with E-state index in [0.717, 1.165) is 19.3 Å². The van der Waals surface area contributed by atoms with Crippen LogP contribution in [0.25, 0.3) is 21.6 Å². The van der Waals surface area contributed by atoms with Gasteiger partial charge in [-0.3, -0.25) is 32.5 Å². The fraction of sp³-hybridized carbons (Fsp3) is 0.750. The Balaban J connectivity index is 1.14. The molecule has 0 saturated carbocycles. The lowest BCUT2D eigenvalue weighted by atomic mass is 10.0. The number of aryl methyl sites for hydroxylation is 1. The molecule has 0 aliphatic carbocycles. The molecule has 2 fully saturated rings. The maximum Gasteiger partial charge on any atom is 0.474 e. The van der Waals surface area contributed by atoms with E-state index in [1.807, 2.05) is 0 Å². The van der Waals surface area contributed by atoms with Crippen molar-refractivity contribution < 1.29 is 32.7 Å². The molecule has 56 heavy (non-hydrogen) atoms. The van der Waals surface area contributed by atoms with Crippen molar-refractivity contribution in [2.24, 2.45) is 5.11 Å². The highest BCUT2D eigenvalue weighted by molar-refractivity contribution is 7.48. The number of azide groups is 1. The summed E-state index contributed by atoms with van der Waals surface area (Å²) in [5.74, 6) is 0.191. The van der Waals surface area contributed by atoms with Crippen LogP contribution in [0.1, 0.15) is 128 Å². The van der Waals surface area contributed by atoms with Crippen molar-refractivity contribution in [2.45, 2.75) is 153 Å². The van der Waals surface area contributed by atoms with Crippen LogP contribution in [-0.2, 0) is 27.6 Å². The van der Waals surface area contributed by atoms with Gasteiger partial charge in [0.1, 0.15) is 24.2 Å². The Morgan fingerprint density at radius 3 is 2.29 bits per heavy atom. The Labute approximate surface area is 325 Å². The SMILES string of the molecule is CCCCCCCCCCCCCCCCO[P@](=O)(OC[C@@H]1C[C@@H](O)[C@H](n2cnc3c(N)ncnc32)O1)OC[C@H]1O[C@@H](n2cc(C)c(=O)[nH]c2=O)C[C@@H]1N=[N+]=[N-]. The van der Waals surface area contributed by atoms with E-state index in [4.69, 9.17) is 28.8 Å². The van der Waals surface area contributed by atoms with E-state index in [-0.39, 0.29) is 38.5 Å². The molecule has 0 spiro atoms. The van der Waals surface area contributed by atoms with Crippen molar-refractivity contribution in [3.8, 4) is 0 Å². The Hall–Kier alpha value is -3.67. The number of anilines is 1. The molecule has 0 amide bonds. The molecule has 0 radical (unpaired) electrons. The van der Waals surface area contributed by atoms with Crippen molar-refractivity contribution in [1.29, 1.82) is 0 Å². The van der Waals surface area contributed by atoms with Gasteiger partial charge in [0.2, 0.25) is 0 Å². The molecule has 2 aliphatic heterocycles. The zero-order valence-corrected chi connectivity index (χ0v) is 33.3. The number of hydrogen-bond acceptors (Lipinski definition) is 14. The summed E-state index contributed by atoms with van der Waals surface area (Å²) in [5.41, 5.74) is 15.0. The minimum atomic E-state index is -4.27. The molecule has 3 aromatic rings. The summed E-state index contributed by atoms with van der Waals surface area (Å²) in [5, 5.41) is 14.7. The first-order valence-electron chi connectivity index (χ1n) is 19.9. The number of aliphatic hydroxyl groups is 1. The molecule has 4 N–H and O–H groups in total. The van der Waals surface area contributed by atoms with Gasteiger partial charge in [-0.05, 0) is 18.9 Å². The van der Waals surface area contributed by atoms with Crippen LogP contribution in [0.5, 0.6) is 0 Å². The second-order valence-electron chi connectivity index (χ2n) is 14.6. The summed E-state index contributed by atoms with van der Waals surface area (Å²) in [6.45, 7) is 3.30. The highest BCUT2D eigenvalue weighted by Gasteiger charge is 2.41. The van der Waals surface area contributed by atoms with Crippen LogP contribution >= 0.6 is 7.82 Å². The van der Waals surface area contributed by atoms with Gasteiger partial charge in [0, 0.05) is 29.5 Å². The van der Waals surface area contributed by atoms with E-state index < -0.39 is 55.9 Å². The Bertz CT molecular complexity index is 1900. The molecule has 19 nitrogen and oxygen atoms in total. The number of aliphatic hydroxyl groups excluding tert-OH is 1. The number of nitrogen functional groups attached to an aromatic ring is 1. The summed E-state index contributed by atoms with van der Waals surface area (Å²) >= 11 is 0. The minimum absolute atomic E-state index is 0.100. The molecular formula is C36H57N10O9P. The topological polar surface area (TPSA) is 257 Å². The number of phosphoric ester groups is 1. The standard InChI is InChI=1S/C36H57N10O9P/c1-3-4-5-6-7-8-9-10-11-12-13-14-15-16-17-51-56(50,52-21-26-18-28(47)35(54-26)46-24-41-31-32(37)39-23-40-33(31)46)53-22-29-27(43-44-38)19-30(55-29)45-20-25(2)34(48)42-36(45)49/h20,23-24,26-30,35,47H,3-19,21-22H2,1-2H3,(H2,37,39,40)(H,42,48,49)/t26-,27-,28+,29+,30+,35+,56+/m0/s1. The molecule has 0 aromatic carbocycles. The number of unbranched alkanes of at least 4 members (excludes halogenated alkanes) is 13. The van der Waals surface area contributed by atoms with Crippen LogP contribution in [-0.4, -0.2) is 78.4 Å². The lowest BCUT2D eigenvalue weighted by molar-refractivity contribution is -0.0541. The third-order valence-corrected chi connectivity index (χ3v) is 11.7. The maximum absolute atomic E-state index is 14.1. The fourth-order valence-corrected chi connectivity index (χ4v) is 8.35. The van der Waals surface area contributed by atoms with Crippen molar-refractivity contribution in [2.75, 3.05) is 25.6 Å². The maximum atomic E-state index is 14.1. The summed E-state index contributed by atoms with van der Waals surface area (Å²) in [6, 6.07) is -0.791. The van der Waals surface area contributed by atoms with E-state index in [1.54, 1.807) is 11.5 Å². The van der Waals surface area contributed by atoms with Gasteiger partial charge in [-0.1, -0.05) is 95.5 Å². The van der Waals surface area contributed by atoms with Crippen molar-refractivity contribution in [1.82, 2.24) is 29.1 Å². The van der Waals surface area contributed by atoms with Crippen LogP contribution < -0.4 is 17.0 Å². The van der Waals surface area contributed by atoms with Crippen LogP contribution in [0.2, 0.25) is 0 Å². The van der Waals surface area contributed by atoms with Gasteiger partial charge in [-0.2, -0.15) is 0 Å². The number of imidazole rings is 1. The molecule has 0 unspecified atom stereocenters. The summed E-state index contributed by atoms with van der Waals surface area (Å²) in [6.07, 6.45) is 16.6. The Kier molecular flexibility index (Phi) is 16.9. The average Bonchev–Trinajstić information content (AvgIpc) is 3.90. The molecule has 20 heteroatoms. The Morgan fingerprint density at radius 2 is 1.61 bits per heavy atom. The Morgan fingerprint density at radius 1 is 0.946 bits per heavy atom. The van der Waals surface area contributed by atoms with Gasteiger partial charge in [-0.15, -0.1) is 0 Å². The molecule has 0 bridgehead atoms. The number of phosphoric acid groups is 1. The first-order chi connectivity index (χ1) is 27.1. The normalized spacial score (nSPS) is 23.4. The predicted octanol–water partition coefficient (Wildman–Crippen LogP) is 6.52. The van der Waals surface area contributed by atoms with Crippen molar-refractivity contribution in [3.05, 3.63) is 55.7 Å². The number of hydrogen-bond donors (Lipinski definition) is 3. The van der Waals surface area contributed by atoms with Crippen LogP contribution in [0, 0.1) is 6.92 Å². The largest absolute Gasteiger partial charge is 0.474 e. The average molecular weight is 805 g/mol. The van der Waals surface area contributed by atoms with Gasteiger partial charge < -0.3 is 20.3 Å². The van der Waals surface area contributed by atoms with E-state index in [1.165, 1.54) is 87.6 Å². The number of aromatic amines is 1. The van der Waals surface area contributed by atoms with Crippen LogP contribution in [0.4, 0.5) is 5.82 Å². The van der Waals surface area contributed by atoms with E-state index in [2.05, 4.69) is 36.9 Å². The molecule has 5 rings (SSSR count). The fourth-order valence-electron chi connectivity index (χ4n) is 7.09. The third-order valence-electron chi connectivity index (χ3n) is 10.2. The lowest BCUT2D eigenvalue weighted by Gasteiger charge is -2.23. The second-order valence-corrected chi connectivity index (χ2v) is 16.3. The third kappa shape index (κ3) is 12.2. The molecule has 3 aromatic heterocycles. The zero-order valence-electron chi connectivity index (χ0n) is 32.4. The smallest absolute Gasteiger partial charge is 0.388 e. The number of aromatic nitrogens is 6. The number of fused-ring (bicyclic) bond motifs is 1. The number of nitrogens with zero attached hydrogens (tertiary/aromatic N) is 8. The number of ether oxygens (including phenoxy) is 2. The van der Waals surface area contributed by atoms with Gasteiger partial charge in [0.05, 0.1) is 44.4 Å². The second kappa shape index (κ2) is 21.7. The molecule has 310 valence electrons. The van der Waals surface area contributed by atoms with Crippen molar-refractivity contribution in [3.63, 3.8) is 0 Å². The monoisotopic (exact) mass is 804 g/mol. The highest BCUT2D eigenvalue weighted by atomic mass is 31.2. The minimum Gasteiger partial charge on any atom is -0.388 e. The number of rotatable bonds is 25. The quantitative estimate of drug-likeness (QED) is 0.0271. The first-order valence-corrected chi connectivity index (χ1v) is 21.4. The van der Waals surface area contributed by atoms with Gasteiger partial charge >= 0.3 is 13.5 Å². The molecule has 2 aliphatic rings. The van der Waals surface area contributed by atoms with E-state index in [0.29, 0.717) is 23.1 Å². The molecule has 2 saturated heterocycles. The van der Waals surface area contributed by atoms with E-state index in [9.17, 15) is 24.8 Å².